The molecular formula is C25H16F6. The summed E-state index contributed by atoms with van der Waals surface area (Å²) < 4.78 is 85.1. The van der Waals surface area contributed by atoms with Crippen LogP contribution < -0.4 is 0 Å². The molecule has 0 N–H and O–H groups in total. The molecule has 6 heteroatoms. The van der Waals surface area contributed by atoms with Gasteiger partial charge < -0.3 is 0 Å². The van der Waals surface area contributed by atoms with Crippen LogP contribution in [-0.4, -0.2) is 0 Å². The normalized spacial score (nSPS) is 11.3. The Labute approximate surface area is 174 Å². The Hall–Kier alpha value is -3.28. The minimum absolute atomic E-state index is 0.0122. The van der Waals surface area contributed by atoms with Gasteiger partial charge in [0.25, 0.3) is 0 Å². The van der Waals surface area contributed by atoms with Crippen LogP contribution in [0.15, 0.2) is 54.6 Å². The van der Waals surface area contributed by atoms with Crippen molar-refractivity contribution in [2.24, 2.45) is 0 Å². The van der Waals surface area contributed by atoms with E-state index in [9.17, 15) is 26.3 Å². The van der Waals surface area contributed by atoms with E-state index in [1.54, 1.807) is 6.07 Å². The zero-order valence-electron chi connectivity index (χ0n) is 16.4. The molecule has 31 heavy (non-hydrogen) atoms. The van der Waals surface area contributed by atoms with Crippen molar-refractivity contribution in [2.75, 3.05) is 0 Å². The van der Waals surface area contributed by atoms with Crippen molar-refractivity contribution in [2.45, 2.75) is 19.8 Å². The standard InChI is InChI=1S/C25H16F6/c1-2-3-13-4-6-17(19(26)8-13)16-10-20(27)23(21(28)11-16)14-5-7-18-15(9-14)12-22(29)25(31)24(18)30/h4-12H,2-3H2,1H3. The minimum Gasteiger partial charge on any atom is -0.206 e. The third-order valence-electron chi connectivity index (χ3n) is 5.19. The summed E-state index contributed by atoms with van der Waals surface area (Å²) in [5.74, 6) is -6.91. The molecule has 0 aliphatic carbocycles. The van der Waals surface area contributed by atoms with Gasteiger partial charge in [0.2, 0.25) is 0 Å². The smallest absolute Gasteiger partial charge is 0.195 e. The largest absolute Gasteiger partial charge is 0.206 e. The fraction of sp³-hybridized carbons (Fsp3) is 0.120. The molecule has 0 saturated heterocycles. The Morgan fingerprint density at radius 2 is 1.32 bits per heavy atom. The highest BCUT2D eigenvalue weighted by molar-refractivity contribution is 5.88. The highest BCUT2D eigenvalue weighted by Gasteiger charge is 2.18. The van der Waals surface area contributed by atoms with Gasteiger partial charge in [0.05, 0.1) is 5.56 Å². The van der Waals surface area contributed by atoms with Gasteiger partial charge in [0.15, 0.2) is 17.5 Å². The van der Waals surface area contributed by atoms with Gasteiger partial charge in [-0.05, 0) is 58.8 Å². The lowest BCUT2D eigenvalue weighted by atomic mass is 9.96. The fourth-order valence-electron chi connectivity index (χ4n) is 3.70. The van der Waals surface area contributed by atoms with Crippen LogP contribution in [0.25, 0.3) is 33.0 Å². The van der Waals surface area contributed by atoms with Gasteiger partial charge in [0.1, 0.15) is 17.5 Å². The molecule has 0 amide bonds. The van der Waals surface area contributed by atoms with Gasteiger partial charge in [0, 0.05) is 10.9 Å². The lowest BCUT2D eigenvalue weighted by molar-refractivity contribution is 0.453. The quantitative estimate of drug-likeness (QED) is 0.228. The maximum Gasteiger partial charge on any atom is 0.195 e. The molecule has 0 fully saturated rings. The van der Waals surface area contributed by atoms with Crippen LogP contribution in [0, 0.1) is 34.9 Å². The second-order valence-corrected chi connectivity index (χ2v) is 7.30. The summed E-state index contributed by atoms with van der Waals surface area (Å²) in [6.45, 7) is 1.96. The van der Waals surface area contributed by atoms with Crippen LogP contribution in [0.3, 0.4) is 0 Å². The summed E-state index contributed by atoms with van der Waals surface area (Å²) in [5.41, 5.74) is 0.451. The first-order valence-corrected chi connectivity index (χ1v) is 9.65. The Morgan fingerprint density at radius 3 is 1.97 bits per heavy atom. The zero-order valence-corrected chi connectivity index (χ0v) is 16.4. The molecule has 4 rings (SSSR count). The number of fused-ring (bicyclic) bond motifs is 1. The van der Waals surface area contributed by atoms with Gasteiger partial charge in [-0.1, -0.05) is 37.6 Å². The number of rotatable bonds is 4. The van der Waals surface area contributed by atoms with Crippen LogP contribution in [0.2, 0.25) is 0 Å². The minimum atomic E-state index is -1.62. The molecule has 0 bridgehead atoms. The van der Waals surface area contributed by atoms with Crippen molar-refractivity contribution < 1.29 is 26.3 Å². The van der Waals surface area contributed by atoms with Crippen molar-refractivity contribution in [1.29, 1.82) is 0 Å². The van der Waals surface area contributed by atoms with Crippen LogP contribution >= 0.6 is 0 Å². The number of hydrogen-bond donors (Lipinski definition) is 0. The molecule has 0 aromatic heterocycles. The Kier molecular flexibility index (Phi) is 5.48. The highest BCUT2D eigenvalue weighted by atomic mass is 19.2. The van der Waals surface area contributed by atoms with E-state index >= 15 is 0 Å². The van der Waals surface area contributed by atoms with Crippen molar-refractivity contribution in [1.82, 2.24) is 0 Å². The van der Waals surface area contributed by atoms with Gasteiger partial charge >= 0.3 is 0 Å². The van der Waals surface area contributed by atoms with Gasteiger partial charge in [-0.25, -0.2) is 26.3 Å². The Balaban J connectivity index is 1.80. The van der Waals surface area contributed by atoms with Crippen LogP contribution in [0.4, 0.5) is 26.3 Å². The molecule has 4 aromatic carbocycles. The summed E-state index contributed by atoms with van der Waals surface area (Å²) >= 11 is 0. The summed E-state index contributed by atoms with van der Waals surface area (Å²) in [6, 6.07) is 10.8. The summed E-state index contributed by atoms with van der Waals surface area (Å²) in [6.07, 6.45) is 1.52. The van der Waals surface area contributed by atoms with Crippen molar-refractivity contribution in [3.05, 3.63) is 95.1 Å². The average Bonchev–Trinajstić information content (AvgIpc) is 2.72. The molecule has 0 nitrogen and oxygen atoms in total. The molecule has 0 saturated carbocycles. The van der Waals surface area contributed by atoms with Gasteiger partial charge in [-0.2, -0.15) is 0 Å². The number of halogens is 6. The van der Waals surface area contributed by atoms with E-state index in [4.69, 9.17) is 0 Å². The third kappa shape index (κ3) is 3.78. The van der Waals surface area contributed by atoms with Gasteiger partial charge in [-0.15, -0.1) is 0 Å². The molecule has 0 radical (unpaired) electrons. The molecule has 0 aliphatic heterocycles. The van der Waals surface area contributed by atoms with E-state index in [0.717, 1.165) is 36.2 Å². The van der Waals surface area contributed by atoms with Crippen molar-refractivity contribution in [3.8, 4) is 22.3 Å². The Bertz CT molecular complexity index is 1290. The van der Waals surface area contributed by atoms with Crippen LogP contribution in [-0.2, 0) is 6.42 Å². The van der Waals surface area contributed by atoms with E-state index < -0.39 is 40.5 Å². The molecule has 4 aromatic rings. The molecular weight excluding hydrogens is 414 g/mol. The molecule has 0 spiro atoms. The molecule has 0 aliphatic rings. The first kappa shape index (κ1) is 21.0. The maximum absolute atomic E-state index is 14.9. The van der Waals surface area contributed by atoms with Crippen LogP contribution in [0.5, 0.6) is 0 Å². The predicted molar refractivity (Wildman–Crippen MR) is 109 cm³/mol. The first-order chi connectivity index (χ1) is 14.8. The summed E-state index contributed by atoms with van der Waals surface area (Å²) in [4.78, 5) is 0. The maximum atomic E-state index is 14.9. The first-order valence-electron chi connectivity index (χ1n) is 9.65. The highest BCUT2D eigenvalue weighted by Crippen LogP contribution is 2.34. The molecule has 158 valence electrons. The monoisotopic (exact) mass is 430 g/mol. The topological polar surface area (TPSA) is 0 Å². The van der Waals surface area contributed by atoms with E-state index in [2.05, 4.69) is 0 Å². The van der Waals surface area contributed by atoms with E-state index in [-0.39, 0.29) is 27.5 Å². The summed E-state index contributed by atoms with van der Waals surface area (Å²) in [7, 11) is 0. The second-order valence-electron chi connectivity index (χ2n) is 7.30. The van der Waals surface area contributed by atoms with E-state index in [1.807, 2.05) is 6.92 Å². The average molecular weight is 430 g/mol. The second kappa shape index (κ2) is 8.10. The lowest BCUT2D eigenvalue weighted by Gasteiger charge is -2.11. The van der Waals surface area contributed by atoms with Crippen LogP contribution in [0.1, 0.15) is 18.9 Å². The number of aryl methyl sites for hydroxylation is 1. The summed E-state index contributed by atoms with van der Waals surface area (Å²) in [5, 5.41) is -0.260. The SMILES string of the molecule is CCCc1ccc(-c2cc(F)c(-c3ccc4c(F)c(F)c(F)cc4c3)c(F)c2)c(F)c1. The zero-order chi connectivity index (χ0) is 22.3. The fourth-order valence-corrected chi connectivity index (χ4v) is 3.70. The lowest BCUT2D eigenvalue weighted by Crippen LogP contribution is -1.96. The molecule has 0 atom stereocenters. The third-order valence-corrected chi connectivity index (χ3v) is 5.19. The predicted octanol–water partition coefficient (Wildman–Crippen LogP) is 7.96. The Morgan fingerprint density at radius 1 is 0.613 bits per heavy atom. The van der Waals surface area contributed by atoms with E-state index in [1.165, 1.54) is 24.3 Å². The van der Waals surface area contributed by atoms with Gasteiger partial charge in [-0.3, -0.25) is 0 Å². The number of benzene rings is 4. The molecule has 0 unspecified atom stereocenters. The molecule has 0 heterocycles. The van der Waals surface area contributed by atoms with Crippen molar-refractivity contribution in [3.63, 3.8) is 0 Å². The van der Waals surface area contributed by atoms with Crippen molar-refractivity contribution >= 4 is 10.8 Å². The van der Waals surface area contributed by atoms with E-state index in [0.29, 0.717) is 6.42 Å². The number of hydrogen-bond acceptors (Lipinski definition) is 0.